The predicted molar refractivity (Wildman–Crippen MR) is 67.3 cm³/mol. The molecule has 0 heterocycles. The van der Waals surface area contributed by atoms with Crippen LogP contribution >= 0.6 is 0 Å². The van der Waals surface area contributed by atoms with Crippen molar-refractivity contribution in [3.05, 3.63) is 29.8 Å². The first-order chi connectivity index (χ1) is 7.15. The lowest BCUT2D eigenvalue weighted by atomic mass is 10.1. The van der Waals surface area contributed by atoms with Gasteiger partial charge in [-0.05, 0) is 51.4 Å². The molecule has 0 saturated carbocycles. The van der Waals surface area contributed by atoms with Crippen molar-refractivity contribution in [3.8, 4) is 0 Å². The van der Waals surface area contributed by atoms with E-state index in [-0.39, 0.29) is 0 Å². The van der Waals surface area contributed by atoms with E-state index in [9.17, 15) is 0 Å². The van der Waals surface area contributed by atoms with Gasteiger partial charge in [0.25, 0.3) is 0 Å². The van der Waals surface area contributed by atoms with Crippen molar-refractivity contribution in [2.24, 2.45) is 5.73 Å². The van der Waals surface area contributed by atoms with Crippen LogP contribution in [0.2, 0.25) is 0 Å². The van der Waals surface area contributed by atoms with Gasteiger partial charge in [-0.1, -0.05) is 12.1 Å². The van der Waals surface area contributed by atoms with E-state index >= 15 is 0 Å². The van der Waals surface area contributed by atoms with Crippen LogP contribution in [0.15, 0.2) is 24.3 Å². The molecule has 1 rings (SSSR count). The Hall–Kier alpha value is -1.02. The fraction of sp³-hybridized carbons (Fsp3) is 0.538. The van der Waals surface area contributed by atoms with Crippen LogP contribution in [0.5, 0.6) is 0 Å². The van der Waals surface area contributed by atoms with Gasteiger partial charge in [0.05, 0.1) is 0 Å². The van der Waals surface area contributed by atoms with Crippen molar-refractivity contribution in [2.45, 2.75) is 33.2 Å². The average Bonchev–Trinajstić information content (AvgIpc) is 2.18. The van der Waals surface area contributed by atoms with Gasteiger partial charge in [0.2, 0.25) is 0 Å². The van der Waals surface area contributed by atoms with Gasteiger partial charge in [-0.15, -0.1) is 0 Å². The van der Waals surface area contributed by atoms with Crippen molar-refractivity contribution in [3.63, 3.8) is 0 Å². The zero-order valence-electron chi connectivity index (χ0n) is 10.0. The maximum atomic E-state index is 5.56. The van der Waals surface area contributed by atoms with E-state index in [4.69, 9.17) is 5.73 Å². The third-order valence-electron chi connectivity index (χ3n) is 2.56. The molecule has 0 atom stereocenters. The maximum Gasteiger partial charge on any atom is 0.0371 e. The normalized spacial score (nSPS) is 10.7. The second-order valence-corrected chi connectivity index (χ2v) is 4.27. The zero-order chi connectivity index (χ0) is 11.3. The summed E-state index contributed by atoms with van der Waals surface area (Å²) in [5, 5.41) is 0. The molecule has 0 radical (unpaired) electrons. The third kappa shape index (κ3) is 3.56. The Morgan fingerprint density at radius 2 is 2.07 bits per heavy atom. The molecule has 1 aromatic carbocycles. The summed E-state index contributed by atoms with van der Waals surface area (Å²) in [6, 6.07) is 9.17. The molecule has 0 aromatic heterocycles. The van der Waals surface area contributed by atoms with Crippen LogP contribution in [-0.2, 0) is 0 Å². The molecule has 15 heavy (non-hydrogen) atoms. The molecule has 2 heteroatoms. The molecule has 2 N–H and O–H groups in total. The third-order valence-corrected chi connectivity index (χ3v) is 2.56. The van der Waals surface area contributed by atoms with Gasteiger partial charge in [0, 0.05) is 18.3 Å². The van der Waals surface area contributed by atoms with E-state index in [1.54, 1.807) is 0 Å². The van der Waals surface area contributed by atoms with Crippen LogP contribution in [-0.4, -0.2) is 19.1 Å². The first kappa shape index (κ1) is 12.1. The topological polar surface area (TPSA) is 29.3 Å². The number of nitrogens with two attached hydrogens (primary N) is 1. The smallest absolute Gasteiger partial charge is 0.0371 e. The molecule has 0 aliphatic heterocycles. The molecule has 0 fully saturated rings. The van der Waals surface area contributed by atoms with Gasteiger partial charge in [-0.25, -0.2) is 0 Å². The van der Waals surface area contributed by atoms with Crippen LogP contribution in [0.3, 0.4) is 0 Å². The summed E-state index contributed by atoms with van der Waals surface area (Å²) < 4.78 is 0. The Morgan fingerprint density at radius 3 is 2.60 bits per heavy atom. The maximum absolute atomic E-state index is 5.56. The SMILES string of the molecule is Cc1cccc(N(CCCN)C(C)C)c1. The Bertz CT molecular complexity index is 294. The molecule has 0 saturated heterocycles. The monoisotopic (exact) mass is 206 g/mol. The quantitative estimate of drug-likeness (QED) is 0.802. The number of hydrogen-bond acceptors (Lipinski definition) is 2. The lowest BCUT2D eigenvalue weighted by Gasteiger charge is -2.29. The molecule has 0 unspecified atom stereocenters. The number of aryl methyl sites for hydroxylation is 1. The molecular formula is C13H22N2. The lowest BCUT2D eigenvalue weighted by molar-refractivity contribution is 0.657. The van der Waals surface area contributed by atoms with Gasteiger partial charge in [0.1, 0.15) is 0 Å². The molecule has 2 nitrogen and oxygen atoms in total. The Labute approximate surface area is 93.1 Å². The van der Waals surface area contributed by atoms with Gasteiger partial charge < -0.3 is 10.6 Å². The summed E-state index contributed by atoms with van der Waals surface area (Å²) >= 11 is 0. The second-order valence-electron chi connectivity index (χ2n) is 4.27. The van der Waals surface area contributed by atoms with Gasteiger partial charge >= 0.3 is 0 Å². The number of anilines is 1. The van der Waals surface area contributed by atoms with E-state index in [1.807, 2.05) is 0 Å². The minimum absolute atomic E-state index is 0.526. The number of rotatable bonds is 5. The molecule has 0 spiro atoms. The van der Waals surface area contributed by atoms with E-state index < -0.39 is 0 Å². The summed E-state index contributed by atoms with van der Waals surface area (Å²) in [6.45, 7) is 8.37. The van der Waals surface area contributed by atoms with Crippen molar-refractivity contribution in [1.29, 1.82) is 0 Å². The average molecular weight is 206 g/mol. The minimum Gasteiger partial charge on any atom is -0.369 e. The van der Waals surface area contributed by atoms with Crippen molar-refractivity contribution in [1.82, 2.24) is 0 Å². The van der Waals surface area contributed by atoms with Gasteiger partial charge in [-0.3, -0.25) is 0 Å². The Morgan fingerprint density at radius 1 is 1.33 bits per heavy atom. The van der Waals surface area contributed by atoms with E-state index in [1.165, 1.54) is 11.3 Å². The predicted octanol–water partition coefficient (Wildman–Crippen LogP) is 2.56. The molecule has 84 valence electrons. The summed E-state index contributed by atoms with van der Waals surface area (Å²) in [4.78, 5) is 2.40. The Kier molecular flexibility index (Phi) is 4.63. The summed E-state index contributed by atoms with van der Waals surface area (Å²) in [5.74, 6) is 0. The highest BCUT2D eigenvalue weighted by molar-refractivity contribution is 5.49. The molecule has 0 aliphatic carbocycles. The van der Waals surface area contributed by atoms with Crippen LogP contribution in [0.25, 0.3) is 0 Å². The van der Waals surface area contributed by atoms with Crippen LogP contribution < -0.4 is 10.6 Å². The molecule has 0 bridgehead atoms. The van der Waals surface area contributed by atoms with E-state index in [0.717, 1.165) is 19.5 Å². The highest BCUT2D eigenvalue weighted by Gasteiger charge is 2.09. The fourth-order valence-corrected chi connectivity index (χ4v) is 1.75. The summed E-state index contributed by atoms with van der Waals surface area (Å²) in [7, 11) is 0. The van der Waals surface area contributed by atoms with Gasteiger partial charge in [0.15, 0.2) is 0 Å². The van der Waals surface area contributed by atoms with Gasteiger partial charge in [-0.2, -0.15) is 0 Å². The van der Waals surface area contributed by atoms with Crippen LogP contribution in [0.4, 0.5) is 5.69 Å². The zero-order valence-corrected chi connectivity index (χ0v) is 10.0. The second kappa shape index (κ2) is 5.76. The molecule has 0 amide bonds. The highest BCUT2D eigenvalue weighted by atomic mass is 15.1. The van der Waals surface area contributed by atoms with E-state index in [2.05, 4.69) is 49.9 Å². The van der Waals surface area contributed by atoms with Crippen LogP contribution in [0, 0.1) is 6.92 Å². The van der Waals surface area contributed by atoms with Crippen molar-refractivity contribution in [2.75, 3.05) is 18.0 Å². The molecular weight excluding hydrogens is 184 g/mol. The van der Waals surface area contributed by atoms with Crippen LogP contribution in [0.1, 0.15) is 25.8 Å². The first-order valence-electron chi connectivity index (χ1n) is 5.68. The number of nitrogens with zero attached hydrogens (tertiary/aromatic N) is 1. The Balaban J connectivity index is 2.79. The minimum atomic E-state index is 0.526. The summed E-state index contributed by atoms with van der Waals surface area (Å²) in [6.07, 6.45) is 1.05. The lowest BCUT2D eigenvalue weighted by Crippen LogP contribution is -2.32. The molecule has 0 aliphatic rings. The standard InChI is InChI=1S/C13H22N2/c1-11(2)15(9-5-8-14)13-7-4-6-12(3)10-13/h4,6-7,10-11H,5,8-9,14H2,1-3H3. The number of hydrogen-bond donors (Lipinski definition) is 1. The highest BCUT2D eigenvalue weighted by Crippen LogP contribution is 2.18. The number of benzene rings is 1. The largest absolute Gasteiger partial charge is 0.369 e. The molecule has 1 aromatic rings. The van der Waals surface area contributed by atoms with Crippen molar-refractivity contribution >= 4 is 5.69 Å². The summed E-state index contributed by atoms with van der Waals surface area (Å²) in [5.41, 5.74) is 8.17. The van der Waals surface area contributed by atoms with E-state index in [0.29, 0.717) is 6.04 Å². The fourth-order valence-electron chi connectivity index (χ4n) is 1.75. The first-order valence-corrected chi connectivity index (χ1v) is 5.68. The van der Waals surface area contributed by atoms with Crippen molar-refractivity contribution < 1.29 is 0 Å².